The standard InChI is InChI=1S/C22H29N5O3/c1-5-6-7-11-25-20(28)18-19(24(3)22(25)29)23-21-26(13-15(2)14-27(18)21)16-9-8-10-17(12-16)30-4/h8-10,12,15H,5-7,11,13-14H2,1-4H3/t15-/m0/s1. The third kappa shape index (κ3) is 3.30. The van der Waals surface area contributed by atoms with Crippen molar-refractivity contribution in [1.82, 2.24) is 18.7 Å². The number of nitrogens with zero attached hydrogens (tertiary/aromatic N) is 5. The number of benzene rings is 1. The van der Waals surface area contributed by atoms with Crippen LogP contribution in [0.1, 0.15) is 33.1 Å². The van der Waals surface area contributed by atoms with Crippen molar-refractivity contribution in [2.75, 3.05) is 18.6 Å². The van der Waals surface area contributed by atoms with Gasteiger partial charge in [-0.05, 0) is 24.5 Å². The lowest BCUT2D eigenvalue weighted by atomic mass is 10.1. The highest BCUT2D eigenvalue weighted by Gasteiger charge is 2.29. The predicted molar refractivity (Wildman–Crippen MR) is 118 cm³/mol. The number of methoxy groups -OCH3 is 1. The molecule has 3 aromatic rings. The van der Waals surface area contributed by atoms with Gasteiger partial charge in [0, 0.05) is 38.4 Å². The Morgan fingerprint density at radius 3 is 2.73 bits per heavy atom. The zero-order chi connectivity index (χ0) is 21.4. The minimum Gasteiger partial charge on any atom is -0.497 e. The molecule has 0 saturated carbocycles. The summed E-state index contributed by atoms with van der Waals surface area (Å²) in [6.07, 6.45) is 2.83. The molecule has 0 aliphatic carbocycles. The van der Waals surface area contributed by atoms with Crippen LogP contribution in [-0.4, -0.2) is 32.3 Å². The molecular formula is C22H29N5O3. The molecule has 3 heterocycles. The van der Waals surface area contributed by atoms with E-state index in [-0.39, 0.29) is 11.2 Å². The number of unbranched alkanes of at least 4 members (excludes halogenated alkanes) is 2. The van der Waals surface area contributed by atoms with Gasteiger partial charge in [0.2, 0.25) is 5.95 Å². The van der Waals surface area contributed by atoms with Crippen LogP contribution in [0.2, 0.25) is 0 Å². The molecule has 2 aromatic heterocycles. The quantitative estimate of drug-likeness (QED) is 0.583. The summed E-state index contributed by atoms with van der Waals surface area (Å²) in [4.78, 5) is 33.0. The number of rotatable bonds is 6. The summed E-state index contributed by atoms with van der Waals surface area (Å²) < 4.78 is 10.2. The summed E-state index contributed by atoms with van der Waals surface area (Å²) >= 11 is 0. The van der Waals surface area contributed by atoms with Gasteiger partial charge in [-0.1, -0.05) is 32.8 Å². The molecule has 0 bridgehead atoms. The van der Waals surface area contributed by atoms with E-state index >= 15 is 0 Å². The van der Waals surface area contributed by atoms with Crippen molar-refractivity contribution in [2.45, 2.75) is 46.2 Å². The number of imidazole rings is 1. The van der Waals surface area contributed by atoms with Crippen molar-refractivity contribution in [3.63, 3.8) is 0 Å². The van der Waals surface area contributed by atoms with Crippen molar-refractivity contribution in [3.05, 3.63) is 45.1 Å². The minimum absolute atomic E-state index is 0.248. The highest BCUT2D eigenvalue weighted by molar-refractivity contribution is 5.77. The van der Waals surface area contributed by atoms with E-state index in [0.717, 1.165) is 37.2 Å². The zero-order valence-electron chi connectivity index (χ0n) is 18.1. The van der Waals surface area contributed by atoms with Crippen LogP contribution in [0.4, 0.5) is 11.6 Å². The number of anilines is 2. The number of aryl methyl sites for hydroxylation is 1. The maximum Gasteiger partial charge on any atom is 0.332 e. The summed E-state index contributed by atoms with van der Waals surface area (Å²) in [5.74, 6) is 1.76. The maximum atomic E-state index is 13.3. The molecular weight excluding hydrogens is 382 g/mol. The van der Waals surface area contributed by atoms with Crippen LogP contribution < -0.4 is 20.9 Å². The van der Waals surface area contributed by atoms with Crippen molar-refractivity contribution in [2.24, 2.45) is 13.0 Å². The molecule has 0 unspecified atom stereocenters. The summed E-state index contributed by atoms with van der Waals surface area (Å²) in [7, 11) is 3.34. The average molecular weight is 412 g/mol. The maximum absolute atomic E-state index is 13.3. The number of ether oxygens (including phenoxy) is 1. The van der Waals surface area contributed by atoms with Crippen LogP contribution in [0.3, 0.4) is 0 Å². The average Bonchev–Trinajstić information content (AvgIpc) is 3.13. The Labute approximate surface area is 175 Å². The number of hydrogen-bond acceptors (Lipinski definition) is 5. The van der Waals surface area contributed by atoms with Gasteiger partial charge in [0.15, 0.2) is 11.2 Å². The molecule has 30 heavy (non-hydrogen) atoms. The first-order chi connectivity index (χ1) is 14.5. The summed E-state index contributed by atoms with van der Waals surface area (Å²) in [6.45, 7) is 6.16. The lowest BCUT2D eigenvalue weighted by Gasteiger charge is -2.33. The van der Waals surface area contributed by atoms with E-state index in [2.05, 4.69) is 18.7 Å². The van der Waals surface area contributed by atoms with E-state index in [1.54, 1.807) is 14.2 Å². The second-order valence-electron chi connectivity index (χ2n) is 8.12. The van der Waals surface area contributed by atoms with Crippen molar-refractivity contribution < 1.29 is 4.74 Å². The fourth-order valence-electron chi connectivity index (χ4n) is 4.22. The molecule has 4 rings (SSSR count). The molecule has 0 spiro atoms. The molecule has 0 fully saturated rings. The SMILES string of the molecule is CCCCCn1c(=O)c2c(nc3n2C[C@@H](C)CN3c2cccc(OC)c2)n(C)c1=O. The van der Waals surface area contributed by atoms with Gasteiger partial charge >= 0.3 is 5.69 Å². The van der Waals surface area contributed by atoms with E-state index in [4.69, 9.17) is 9.72 Å². The van der Waals surface area contributed by atoms with E-state index < -0.39 is 0 Å². The molecule has 8 nitrogen and oxygen atoms in total. The number of hydrogen-bond donors (Lipinski definition) is 0. The van der Waals surface area contributed by atoms with Crippen LogP contribution in [-0.2, 0) is 20.1 Å². The van der Waals surface area contributed by atoms with Gasteiger partial charge in [-0.2, -0.15) is 4.98 Å². The van der Waals surface area contributed by atoms with Gasteiger partial charge < -0.3 is 14.2 Å². The molecule has 160 valence electrons. The first-order valence-electron chi connectivity index (χ1n) is 10.6. The minimum atomic E-state index is -0.306. The van der Waals surface area contributed by atoms with Gasteiger partial charge in [0.1, 0.15) is 5.75 Å². The van der Waals surface area contributed by atoms with Crippen LogP contribution in [0, 0.1) is 5.92 Å². The highest BCUT2D eigenvalue weighted by atomic mass is 16.5. The Morgan fingerprint density at radius 2 is 2.00 bits per heavy atom. The molecule has 0 N–H and O–H groups in total. The monoisotopic (exact) mass is 411 g/mol. The zero-order valence-corrected chi connectivity index (χ0v) is 18.1. The van der Waals surface area contributed by atoms with Crippen molar-refractivity contribution in [1.29, 1.82) is 0 Å². The lowest BCUT2D eigenvalue weighted by Crippen LogP contribution is -2.40. The summed E-state index contributed by atoms with van der Waals surface area (Å²) in [5, 5.41) is 0. The molecule has 8 heteroatoms. The Balaban J connectivity index is 1.91. The Kier molecular flexibility index (Phi) is 5.40. The van der Waals surface area contributed by atoms with Crippen LogP contribution >= 0.6 is 0 Å². The number of fused-ring (bicyclic) bond motifs is 3. The summed E-state index contributed by atoms with van der Waals surface area (Å²) in [5.41, 5.74) is 1.34. The van der Waals surface area contributed by atoms with Crippen LogP contribution in [0.25, 0.3) is 11.2 Å². The van der Waals surface area contributed by atoms with Gasteiger partial charge in [-0.25, -0.2) is 4.79 Å². The molecule has 0 amide bonds. The topological polar surface area (TPSA) is 74.3 Å². The van der Waals surface area contributed by atoms with Gasteiger partial charge in [-0.15, -0.1) is 0 Å². The molecule has 0 radical (unpaired) electrons. The van der Waals surface area contributed by atoms with E-state index in [1.807, 2.05) is 28.8 Å². The Morgan fingerprint density at radius 1 is 1.20 bits per heavy atom. The third-order valence-corrected chi connectivity index (χ3v) is 5.79. The van der Waals surface area contributed by atoms with E-state index in [0.29, 0.717) is 36.1 Å². The molecule has 1 atom stereocenters. The fourth-order valence-corrected chi connectivity index (χ4v) is 4.22. The smallest absolute Gasteiger partial charge is 0.332 e. The summed E-state index contributed by atoms with van der Waals surface area (Å²) in [6, 6.07) is 7.81. The Hall–Kier alpha value is -3.03. The lowest BCUT2D eigenvalue weighted by molar-refractivity contribution is 0.414. The molecule has 0 saturated heterocycles. The second kappa shape index (κ2) is 8.01. The van der Waals surface area contributed by atoms with Crippen LogP contribution in [0.15, 0.2) is 33.9 Å². The van der Waals surface area contributed by atoms with Crippen molar-refractivity contribution in [3.8, 4) is 5.75 Å². The van der Waals surface area contributed by atoms with Crippen molar-refractivity contribution >= 4 is 22.8 Å². The first-order valence-corrected chi connectivity index (χ1v) is 10.6. The largest absolute Gasteiger partial charge is 0.497 e. The van der Waals surface area contributed by atoms with E-state index in [9.17, 15) is 9.59 Å². The first kappa shape index (κ1) is 20.3. The second-order valence-corrected chi connectivity index (χ2v) is 8.12. The molecule has 1 aliphatic rings. The third-order valence-electron chi connectivity index (χ3n) is 5.79. The van der Waals surface area contributed by atoms with Gasteiger partial charge in [0.25, 0.3) is 5.56 Å². The number of aromatic nitrogens is 4. The Bertz CT molecular complexity index is 1190. The fraction of sp³-hybridized carbons (Fsp3) is 0.500. The molecule has 1 aromatic carbocycles. The van der Waals surface area contributed by atoms with Gasteiger partial charge in [-0.3, -0.25) is 13.9 Å². The normalized spacial score (nSPS) is 16.1. The van der Waals surface area contributed by atoms with Gasteiger partial charge in [0.05, 0.1) is 7.11 Å². The predicted octanol–water partition coefficient (Wildman–Crippen LogP) is 2.88. The molecule has 1 aliphatic heterocycles. The highest BCUT2D eigenvalue weighted by Crippen LogP contribution is 2.34. The van der Waals surface area contributed by atoms with Crippen LogP contribution in [0.5, 0.6) is 5.75 Å². The van der Waals surface area contributed by atoms with E-state index in [1.165, 1.54) is 9.13 Å².